The van der Waals surface area contributed by atoms with Gasteiger partial charge in [0, 0.05) is 21.8 Å². The van der Waals surface area contributed by atoms with Crippen LogP contribution in [0.5, 0.6) is 0 Å². The summed E-state index contributed by atoms with van der Waals surface area (Å²) >= 11 is 2.77. The molecule has 0 aliphatic heterocycles. The molecular formula is C22H27N6O2S2+. The third-order valence-electron chi connectivity index (χ3n) is 5.44. The number of thioether (sulfide) groups is 1. The molecule has 0 aliphatic carbocycles. The lowest BCUT2D eigenvalue weighted by Crippen LogP contribution is -3.11. The Hall–Kier alpha value is -2.69. The van der Waals surface area contributed by atoms with E-state index in [0.717, 1.165) is 35.4 Å². The number of carbonyl (C=O) groups excluding carboxylic acids is 1. The van der Waals surface area contributed by atoms with Crippen LogP contribution in [0.4, 0.5) is 5.82 Å². The highest BCUT2D eigenvalue weighted by Crippen LogP contribution is 2.31. The lowest BCUT2D eigenvalue weighted by atomic mass is 10.2. The molecule has 10 heteroatoms. The molecule has 3 heterocycles. The van der Waals surface area contributed by atoms with E-state index in [9.17, 15) is 9.59 Å². The van der Waals surface area contributed by atoms with Crippen molar-refractivity contribution < 1.29 is 9.69 Å². The number of carbonyl (C=O) groups is 1. The number of amides is 1. The van der Waals surface area contributed by atoms with Crippen LogP contribution in [0.15, 0.2) is 40.3 Å². The minimum absolute atomic E-state index is 0.0337. The molecule has 0 saturated carbocycles. The first kappa shape index (κ1) is 22.5. The van der Waals surface area contributed by atoms with Gasteiger partial charge in [0.1, 0.15) is 4.70 Å². The molecule has 1 amide bonds. The van der Waals surface area contributed by atoms with Gasteiger partial charge in [-0.3, -0.25) is 19.3 Å². The number of hydrogen-bond donors (Lipinski definition) is 3. The first-order valence-electron chi connectivity index (χ1n) is 10.7. The SMILES string of the molecule is CC[NH+](CC)CCn1c(SCC(=O)Nc2cc(C)[nH]n2)nc2c(sc3ccccc32)c1=O. The molecule has 1 aromatic carbocycles. The zero-order valence-corrected chi connectivity index (χ0v) is 20.0. The zero-order valence-electron chi connectivity index (χ0n) is 18.4. The number of rotatable bonds is 9. The second-order valence-electron chi connectivity index (χ2n) is 7.61. The maximum Gasteiger partial charge on any atom is 0.272 e. The number of aryl methyl sites for hydroxylation is 1. The Morgan fingerprint density at radius 1 is 1.28 bits per heavy atom. The molecule has 0 atom stereocenters. The molecule has 4 aromatic rings. The van der Waals surface area contributed by atoms with Gasteiger partial charge in [0.25, 0.3) is 5.56 Å². The van der Waals surface area contributed by atoms with Crippen LogP contribution < -0.4 is 15.8 Å². The molecular weight excluding hydrogens is 444 g/mol. The summed E-state index contributed by atoms with van der Waals surface area (Å²) in [7, 11) is 0. The van der Waals surface area contributed by atoms with Gasteiger partial charge in [-0.2, -0.15) is 5.10 Å². The smallest absolute Gasteiger partial charge is 0.272 e. The molecule has 32 heavy (non-hydrogen) atoms. The Bertz CT molecular complexity index is 1300. The summed E-state index contributed by atoms with van der Waals surface area (Å²) in [6.07, 6.45) is 0. The Kier molecular flexibility index (Phi) is 6.92. The standard InChI is InChI=1S/C22H26N6O2S2/c1-4-27(5-2)10-11-28-21(30)20-19(15-8-6-7-9-16(15)32-20)24-22(28)31-13-18(29)23-17-12-14(3)25-26-17/h6-9,12H,4-5,10-11,13H2,1-3H3,(H2,23,25,26,29)/p+1. The van der Waals surface area contributed by atoms with E-state index in [0.29, 0.717) is 27.7 Å². The van der Waals surface area contributed by atoms with Crippen molar-refractivity contribution in [2.45, 2.75) is 32.5 Å². The summed E-state index contributed by atoms with van der Waals surface area (Å²) in [6.45, 7) is 9.55. The van der Waals surface area contributed by atoms with Crippen molar-refractivity contribution in [1.29, 1.82) is 0 Å². The first-order valence-corrected chi connectivity index (χ1v) is 12.5. The van der Waals surface area contributed by atoms with Crippen LogP contribution in [-0.2, 0) is 11.3 Å². The van der Waals surface area contributed by atoms with Crippen LogP contribution in [0.1, 0.15) is 19.5 Å². The number of likely N-dealkylation sites (N-methyl/N-ethyl adjacent to an activating group) is 1. The largest absolute Gasteiger partial charge is 0.334 e. The van der Waals surface area contributed by atoms with Gasteiger partial charge in [0.15, 0.2) is 11.0 Å². The van der Waals surface area contributed by atoms with Gasteiger partial charge in [-0.25, -0.2) is 4.98 Å². The van der Waals surface area contributed by atoms with Gasteiger partial charge in [0.2, 0.25) is 5.91 Å². The van der Waals surface area contributed by atoms with Gasteiger partial charge in [-0.1, -0.05) is 30.0 Å². The van der Waals surface area contributed by atoms with Crippen LogP contribution in [-0.4, -0.2) is 51.0 Å². The average molecular weight is 472 g/mol. The molecule has 4 rings (SSSR count). The fourth-order valence-corrected chi connectivity index (χ4v) is 5.53. The number of quaternary nitrogens is 1. The number of aromatic nitrogens is 4. The van der Waals surface area contributed by atoms with Gasteiger partial charge >= 0.3 is 0 Å². The van der Waals surface area contributed by atoms with Crippen LogP contribution in [0.3, 0.4) is 0 Å². The predicted molar refractivity (Wildman–Crippen MR) is 131 cm³/mol. The number of hydrogen-bond acceptors (Lipinski definition) is 6. The summed E-state index contributed by atoms with van der Waals surface area (Å²) in [5, 5.41) is 11.2. The Labute approximate surface area is 194 Å². The molecule has 3 N–H and O–H groups in total. The molecule has 0 aliphatic rings. The third-order valence-corrected chi connectivity index (χ3v) is 7.57. The van der Waals surface area contributed by atoms with Crippen LogP contribution >= 0.6 is 23.1 Å². The first-order chi connectivity index (χ1) is 15.5. The topological polar surface area (TPSA) is 97.1 Å². The van der Waals surface area contributed by atoms with E-state index in [2.05, 4.69) is 29.4 Å². The van der Waals surface area contributed by atoms with Crippen molar-refractivity contribution in [3.05, 3.63) is 46.4 Å². The van der Waals surface area contributed by atoms with Crippen molar-refractivity contribution in [3.63, 3.8) is 0 Å². The monoisotopic (exact) mass is 471 g/mol. The van der Waals surface area contributed by atoms with Gasteiger partial charge < -0.3 is 10.2 Å². The number of nitrogens with zero attached hydrogens (tertiary/aromatic N) is 3. The van der Waals surface area contributed by atoms with Crippen molar-refractivity contribution in [2.75, 3.05) is 30.7 Å². The fourth-order valence-electron chi connectivity index (χ4n) is 3.63. The summed E-state index contributed by atoms with van der Waals surface area (Å²) in [5.74, 6) is 0.444. The van der Waals surface area contributed by atoms with Crippen LogP contribution in [0.2, 0.25) is 0 Å². The molecule has 8 nitrogen and oxygen atoms in total. The lowest BCUT2D eigenvalue weighted by Gasteiger charge is -2.17. The Balaban J connectivity index is 1.65. The molecule has 0 bridgehead atoms. The predicted octanol–water partition coefficient (Wildman–Crippen LogP) is 2.30. The molecule has 3 aromatic heterocycles. The molecule has 168 valence electrons. The summed E-state index contributed by atoms with van der Waals surface area (Å²) in [6, 6.07) is 9.70. The van der Waals surface area contributed by atoms with Gasteiger partial charge in [-0.15, -0.1) is 11.3 Å². The van der Waals surface area contributed by atoms with Crippen LogP contribution in [0.25, 0.3) is 20.3 Å². The molecule has 0 saturated heterocycles. The highest BCUT2D eigenvalue weighted by Gasteiger charge is 2.18. The van der Waals surface area contributed by atoms with Gasteiger partial charge in [-0.05, 0) is 26.8 Å². The molecule has 0 radical (unpaired) electrons. The van der Waals surface area contributed by atoms with Gasteiger partial charge in [0.05, 0.1) is 37.4 Å². The number of H-pyrrole nitrogens is 1. The highest BCUT2D eigenvalue weighted by atomic mass is 32.2. The van der Waals surface area contributed by atoms with Crippen molar-refractivity contribution in [1.82, 2.24) is 19.7 Å². The van der Waals surface area contributed by atoms with E-state index in [1.54, 1.807) is 10.6 Å². The van der Waals surface area contributed by atoms with E-state index in [1.165, 1.54) is 28.0 Å². The number of aromatic amines is 1. The van der Waals surface area contributed by atoms with Crippen molar-refractivity contribution in [3.8, 4) is 0 Å². The van der Waals surface area contributed by atoms with E-state index in [1.807, 2.05) is 31.2 Å². The quantitative estimate of drug-likeness (QED) is 0.257. The van der Waals surface area contributed by atoms with E-state index in [4.69, 9.17) is 4.98 Å². The molecule has 0 fully saturated rings. The number of nitrogens with one attached hydrogen (secondary N) is 3. The number of thiophene rings is 1. The van der Waals surface area contributed by atoms with E-state index in [-0.39, 0.29) is 17.2 Å². The minimum Gasteiger partial charge on any atom is -0.334 e. The van der Waals surface area contributed by atoms with E-state index >= 15 is 0 Å². The summed E-state index contributed by atoms with van der Waals surface area (Å²) < 4.78 is 3.45. The summed E-state index contributed by atoms with van der Waals surface area (Å²) in [5.41, 5.74) is 1.55. The van der Waals surface area contributed by atoms with Crippen LogP contribution in [0, 0.1) is 6.92 Å². The minimum atomic E-state index is -0.188. The van der Waals surface area contributed by atoms with Crippen molar-refractivity contribution in [2.24, 2.45) is 0 Å². The van der Waals surface area contributed by atoms with Crippen molar-refractivity contribution >= 4 is 55.1 Å². The fraction of sp³-hybridized carbons (Fsp3) is 0.364. The summed E-state index contributed by atoms with van der Waals surface area (Å²) in [4.78, 5) is 32.2. The maximum absolute atomic E-state index is 13.4. The molecule has 0 spiro atoms. The van der Waals surface area contributed by atoms with E-state index < -0.39 is 0 Å². The number of anilines is 1. The number of fused-ring (bicyclic) bond motifs is 3. The average Bonchev–Trinajstić information content (AvgIpc) is 3.37. The lowest BCUT2D eigenvalue weighted by molar-refractivity contribution is -0.897. The number of benzene rings is 1. The molecule has 0 unspecified atom stereocenters. The Morgan fingerprint density at radius 2 is 2.06 bits per heavy atom. The maximum atomic E-state index is 13.4. The Morgan fingerprint density at radius 3 is 2.78 bits per heavy atom. The second-order valence-corrected chi connectivity index (χ2v) is 9.60. The normalized spacial score (nSPS) is 11.6. The third kappa shape index (κ3) is 4.72. The second kappa shape index (κ2) is 9.85. The zero-order chi connectivity index (χ0) is 22.7. The highest BCUT2D eigenvalue weighted by molar-refractivity contribution is 7.99.